The van der Waals surface area contributed by atoms with E-state index in [-0.39, 0.29) is 5.41 Å². The van der Waals surface area contributed by atoms with Crippen LogP contribution in [0.25, 0.3) is 11.1 Å². The van der Waals surface area contributed by atoms with Gasteiger partial charge in [-0.2, -0.15) is 0 Å². The first-order valence-electron chi connectivity index (χ1n) is 11.7. The molecule has 4 aromatic rings. The Balaban J connectivity index is 2.03. The molecule has 0 bridgehead atoms. The predicted octanol–water partition coefficient (Wildman–Crippen LogP) is 7.74. The topological polar surface area (TPSA) is 0 Å². The van der Waals surface area contributed by atoms with Crippen LogP contribution in [0.3, 0.4) is 0 Å². The summed E-state index contributed by atoms with van der Waals surface area (Å²) in [6, 6.07) is 34.2. The molecule has 0 nitrogen and oxygen atoms in total. The predicted molar refractivity (Wildman–Crippen MR) is 132 cm³/mol. The van der Waals surface area contributed by atoms with Crippen molar-refractivity contribution in [2.75, 3.05) is 0 Å². The van der Waals surface area contributed by atoms with Crippen molar-refractivity contribution in [1.82, 2.24) is 0 Å². The summed E-state index contributed by atoms with van der Waals surface area (Å²) in [5, 5.41) is 0. The first-order valence-corrected chi connectivity index (χ1v) is 11.7. The summed E-state index contributed by atoms with van der Waals surface area (Å²) >= 11 is 0. The summed E-state index contributed by atoms with van der Waals surface area (Å²) < 4.78 is 0. The van der Waals surface area contributed by atoms with Gasteiger partial charge >= 0.3 is 0 Å². The van der Waals surface area contributed by atoms with Crippen LogP contribution in [0.1, 0.15) is 59.7 Å². The minimum atomic E-state index is -0.282. The Morgan fingerprint density at radius 1 is 0.581 bits per heavy atom. The van der Waals surface area contributed by atoms with Gasteiger partial charge in [0, 0.05) is 0 Å². The zero-order valence-electron chi connectivity index (χ0n) is 18.8. The van der Waals surface area contributed by atoms with E-state index >= 15 is 0 Å². The maximum Gasteiger partial charge on any atom is 0.0716 e. The van der Waals surface area contributed by atoms with Gasteiger partial charge in [-0.05, 0) is 69.3 Å². The molecule has 0 aromatic heterocycles. The lowest BCUT2D eigenvalue weighted by molar-refractivity contribution is 0.754. The molecule has 1 aliphatic rings. The van der Waals surface area contributed by atoms with E-state index in [9.17, 15) is 0 Å². The van der Waals surface area contributed by atoms with Gasteiger partial charge in [-0.15, -0.1) is 0 Å². The van der Waals surface area contributed by atoms with Gasteiger partial charge in [0.1, 0.15) is 0 Å². The molecule has 0 saturated carbocycles. The Hall–Kier alpha value is -3.12. The Labute approximate surface area is 186 Å². The number of fused-ring (bicyclic) bond motifs is 3. The summed E-state index contributed by atoms with van der Waals surface area (Å²) in [7, 11) is 0. The summed E-state index contributed by atoms with van der Waals surface area (Å²) in [5.41, 5.74) is 12.6. The van der Waals surface area contributed by atoms with Crippen LogP contribution in [0.2, 0.25) is 0 Å². The number of rotatable bonds is 5. The van der Waals surface area contributed by atoms with E-state index in [0.717, 1.165) is 19.3 Å². The molecule has 1 aliphatic carbocycles. The Bertz CT molecular complexity index is 1180. The monoisotopic (exact) mass is 402 g/mol. The van der Waals surface area contributed by atoms with Crippen molar-refractivity contribution in [1.29, 1.82) is 0 Å². The maximum absolute atomic E-state index is 2.47. The van der Waals surface area contributed by atoms with E-state index in [4.69, 9.17) is 0 Å². The van der Waals surface area contributed by atoms with Gasteiger partial charge in [-0.25, -0.2) is 0 Å². The van der Waals surface area contributed by atoms with Crippen LogP contribution in [-0.2, 0) is 24.7 Å². The van der Waals surface area contributed by atoms with Gasteiger partial charge in [0.25, 0.3) is 0 Å². The second-order valence-electron chi connectivity index (χ2n) is 8.56. The molecule has 31 heavy (non-hydrogen) atoms. The van der Waals surface area contributed by atoms with E-state index in [1.165, 1.54) is 50.1 Å². The summed E-state index contributed by atoms with van der Waals surface area (Å²) in [6.45, 7) is 6.86. The minimum absolute atomic E-state index is 0.282. The second-order valence-corrected chi connectivity index (χ2v) is 8.56. The van der Waals surface area contributed by atoms with Gasteiger partial charge in [0.15, 0.2) is 0 Å². The normalized spacial score (nSPS) is 13.6. The molecule has 0 unspecified atom stereocenters. The molecule has 0 heteroatoms. The van der Waals surface area contributed by atoms with Crippen molar-refractivity contribution in [2.24, 2.45) is 0 Å². The van der Waals surface area contributed by atoms with Crippen LogP contribution in [0.15, 0.2) is 91.0 Å². The highest BCUT2D eigenvalue weighted by Gasteiger charge is 2.47. The molecule has 0 heterocycles. The van der Waals surface area contributed by atoms with E-state index < -0.39 is 0 Å². The molecule has 5 rings (SSSR count). The van der Waals surface area contributed by atoms with Crippen molar-refractivity contribution in [3.63, 3.8) is 0 Å². The molecule has 0 saturated heterocycles. The van der Waals surface area contributed by atoms with E-state index in [0.29, 0.717) is 0 Å². The molecule has 0 aliphatic heterocycles. The van der Waals surface area contributed by atoms with Gasteiger partial charge in [0.05, 0.1) is 5.41 Å². The van der Waals surface area contributed by atoms with Crippen molar-refractivity contribution in [3.8, 4) is 11.1 Å². The third kappa shape index (κ3) is 2.82. The molecule has 0 N–H and O–H groups in total. The molecule has 0 amide bonds. The minimum Gasteiger partial charge on any atom is -0.0622 e. The molecule has 154 valence electrons. The molecule has 0 fully saturated rings. The molecule has 4 aromatic carbocycles. The zero-order valence-corrected chi connectivity index (χ0v) is 18.8. The number of hydrogen-bond donors (Lipinski definition) is 0. The second kappa shape index (κ2) is 7.85. The Morgan fingerprint density at radius 2 is 1.19 bits per heavy atom. The van der Waals surface area contributed by atoms with Crippen LogP contribution < -0.4 is 0 Å². The van der Waals surface area contributed by atoms with E-state index in [2.05, 4.69) is 112 Å². The highest BCUT2D eigenvalue weighted by molar-refractivity contribution is 5.89. The van der Waals surface area contributed by atoms with Crippen molar-refractivity contribution >= 4 is 0 Å². The summed E-state index contributed by atoms with van der Waals surface area (Å²) in [4.78, 5) is 0. The Kier molecular flexibility index (Phi) is 5.02. The van der Waals surface area contributed by atoms with Gasteiger partial charge in [-0.1, -0.05) is 112 Å². The van der Waals surface area contributed by atoms with Crippen molar-refractivity contribution < 1.29 is 0 Å². The van der Waals surface area contributed by atoms with Crippen LogP contribution in [-0.4, -0.2) is 0 Å². The fourth-order valence-corrected chi connectivity index (χ4v) is 5.69. The van der Waals surface area contributed by atoms with Crippen LogP contribution >= 0.6 is 0 Å². The van der Waals surface area contributed by atoms with Crippen LogP contribution in [0.5, 0.6) is 0 Å². The molecular weight excluding hydrogens is 372 g/mol. The van der Waals surface area contributed by atoms with Gasteiger partial charge < -0.3 is 0 Å². The third-order valence-electron chi connectivity index (χ3n) is 7.06. The van der Waals surface area contributed by atoms with Crippen LogP contribution in [0.4, 0.5) is 0 Å². The van der Waals surface area contributed by atoms with Gasteiger partial charge in [0.2, 0.25) is 0 Å². The summed E-state index contributed by atoms with van der Waals surface area (Å²) in [5.74, 6) is 0. The molecule has 0 atom stereocenters. The highest BCUT2D eigenvalue weighted by atomic mass is 14.5. The largest absolute Gasteiger partial charge is 0.0716 e. The number of hydrogen-bond acceptors (Lipinski definition) is 0. The van der Waals surface area contributed by atoms with Gasteiger partial charge in [-0.3, -0.25) is 0 Å². The fourth-order valence-electron chi connectivity index (χ4n) is 5.69. The lowest BCUT2D eigenvalue weighted by Gasteiger charge is -2.35. The quantitative estimate of drug-likeness (QED) is 0.282. The number of aryl methyl sites for hydroxylation is 3. The summed E-state index contributed by atoms with van der Waals surface area (Å²) in [6.07, 6.45) is 3.14. The number of benzene rings is 4. The smallest absolute Gasteiger partial charge is 0.0622 e. The average Bonchev–Trinajstić information content (AvgIpc) is 3.16. The first-order chi connectivity index (χ1) is 15.2. The van der Waals surface area contributed by atoms with E-state index in [1.807, 2.05) is 0 Å². The van der Waals surface area contributed by atoms with Crippen molar-refractivity contribution in [3.05, 3.63) is 130 Å². The maximum atomic E-state index is 2.47. The van der Waals surface area contributed by atoms with Crippen molar-refractivity contribution in [2.45, 2.75) is 45.4 Å². The average molecular weight is 403 g/mol. The van der Waals surface area contributed by atoms with E-state index in [1.54, 1.807) is 0 Å². The molecule has 0 radical (unpaired) electrons. The molecule has 0 spiro atoms. The first kappa shape index (κ1) is 19.8. The zero-order chi connectivity index (χ0) is 21.4. The third-order valence-corrected chi connectivity index (χ3v) is 7.06. The highest BCUT2D eigenvalue weighted by Crippen LogP contribution is 2.58. The molecular formula is C31H30. The fraction of sp³-hybridized carbons (Fsp3) is 0.226. The standard InChI is InChI=1S/C31H30/c1-4-22-20-24(6-3)30-27(21-22)29-23(5-2)14-13-19-28(29)31(30,25-15-9-7-10-16-25)26-17-11-8-12-18-26/h7-21H,4-6H2,1-3H3. The Morgan fingerprint density at radius 3 is 1.74 bits per heavy atom. The lowest BCUT2D eigenvalue weighted by atomic mass is 9.66. The lowest BCUT2D eigenvalue weighted by Crippen LogP contribution is -2.29. The SMILES string of the molecule is CCc1cc(CC)c2c(c1)-c1c(CC)cccc1C2(c1ccccc1)c1ccccc1. The van der Waals surface area contributed by atoms with Crippen LogP contribution in [0, 0.1) is 0 Å².